The molecule has 21 heavy (non-hydrogen) atoms. The Hall–Kier alpha value is -1.97. The van der Waals surface area contributed by atoms with Crippen LogP contribution in [0.1, 0.15) is 41.5 Å². The summed E-state index contributed by atoms with van der Waals surface area (Å²) >= 11 is 0. The second kappa shape index (κ2) is 7.72. The van der Waals surface area contributed by atoms with E-state index < -0.39 is 29.7 Å². The average molecular weight is 299 g/mol. The molecule has 0 fully saturated rings. The molecule has 0 aromatic carbocycles. The van der Waals surface area contributed by atoms with E-state index in [-0.39, 0.29) is 12.6 Å². The predicted molar refractivity (Wildman–Crippen MR) is 77.8 cm³/mol. The van der Waals surface area contributed by atoms with Gasteiger partial charge in [-0.2, -0.15) is 5.26 Å². The SMILES string of the molecule is CC(C)N(CC(C#N)[C@@H](C)NC(=O)OC(C)(C)C)C(=O)O. The summed E-state index contributed by atoms with van der Waals surface area (Å²) in [5, 5.41) is 20.9. The first-order chi connectivity index (χ1) is 9.47. The van der Waals surface area contributed by atoms with Gasteiger partial charge in [0, 0.05) is 18.6 Å². The molecule has 2 N–H and O–H groups in total. The van der Waals surface area contributed by atoms with Crippen LogP contribution in [-0.2, 0) is 4.74 Å². The first-order valence-electron chi connectivity index (χ1n) is 6.86. The Morgan fingerprint density at radius 2 is 1.86 bits per heavy atom. The smallest absolute Gasteiger partial charge is 0.407 e. The maximum Gasteiger partial charge on any atom is 0.407 e. The molecular weight excluding hydrogens is 274 g/mol. The van der Waals surface area contributed by atoms with Crippen LogP contribution in [0.4, 0.5) is 9.59 Å². The van der Waals surface area contributed by atoms with Crippen molar-refractivity contribution < 1.29 is 19.4 Å². The van der Waals surface area contributed by atoms with Crippen LogP contribution in [0.2, 0.25) is 0 Å². The molecule has 2 atom stereocenters. The number of carbonyl (C=O) groups excluding carboxylic acids is 1. The summed E-state index contributed by atoms with van der Waals surface area (Å²) in [4.78, 5) is 24.0. The minimum absolute atomic E-state index is 0.0282. The quantitative estimate of drug-likeness (QED) is 0.811. The Morgan fingerprint density at radius 3 is 2.19 bits per heavy atom. The Balaban J connectivity index is 4.70. The maximum atomic E-state index is 11.7. The topological polar surface area (TPSA) is 103 Å². The van der Waals surface area contributed by atoms with Crippen LogP contribution in [0, 0.1) is 17.2 Å². The predicted octanol–water partition coefficient (Wildman–Crippen LogP) is 2.43. The summed E-state index contributed by atoms with van der Waals surface area (Å²) in [5.74, 6) is -0.656. The van der Waals surface area contributed by atoms with Crippen molar-refractivity contribution in [2.24, 2.45) is 5.92 Å². The zero-order valence-corrected chi connectivity index (χ0v) is 13.5. The highest BCUT2D eigenvalue weighted by Gasteiger charge is 2.27. The van der Waals surface area contributed by atoms with E-state index in [9.17, 15) is 14.9 Å². The first kappa shape index (κ1) is 19.0. The summed E-state index contributed by atoms with van der Waals surface area (Å²) in [6, 6.07) is 1.27. The molecule has 7 nitrogen and oxygen atoms in total. The number of carboxylic acid groups (broad SMARTS) is 1. The van der Waals surface area contributed by atoms with E-state index in [2.05, 4.69) is 5.32 Å². The first-order valence-corrected chi connectivity index (χ1v) is 6.86. The Morgan fingerprint density at radius 1 is 1.33 bits per heavy atom. The lowest BCUT2D eigenvalue weighted by atomic mass is 10.0. The number of alkyl carbamates (subject to hydrolysis) is 1. The van der Waals surface area contributed by atoms with E-state index in [1.807, 2.05) is 6.07 Å². The normalized spacial score (nSPS) is 14.0. The van der Waals surface area contributed by atoms with Gasteiger partial charge in [0.25, 0.3) is 0 Å². The largest absolute Gasteiger partial charge is 0.465 e. The van der Waals surface area contributed by atoms with Crippen molar-refractivity contribution in [1.82, 2.24) is 10.2 Å². The molecule has 0 aliphatic rings. The molecule has 0 saturated heterocycles. The standard InChI is InChI=1S/C14H25N3O4/c1-9(2)17(13(19)20)8-11(7-15)10(3)16-12(18)21-14(4,5)6/h9-11H,8H2,1-6H3,(H,16,18)(H,19,20)/t10-,11?/m1/s1. The van der Waals surface area contributed by atoms with Gasteiger partial charge in [-0.05, 0) is 41.5 Å². The Kier molecular flexibility index (Phi) is 6.99. The van der Waals surface area contributed by atoms with Gasteiger partial charge in [0.1, 0.15) is 5.60 Å². The molecule has 0 aromatic heterocycles. The second-order valence-corrected chi connectivity index (χ2v) is 6.20. The molecule has 0 radical (unpaired) electrons. The summed E-state index contributed by atoms with van der Waals surface area (Å²) < 4.78 is 5.11. The molecule has 0 bridgehead atoms. The van der Waals surface area contributed by atoms with E-state index in [1.54, 1.807) is 41.5 Å². The number of ether oxygens (including phenoxy) is 1. The van der Waals surface area contributed by atoms with Gasteiger partial charge < -0.3 is 20.1 Å². The van der Waals surface area contributed by atoms with Crippen molar-refractivity contribution in [3.05, 3.63) is 0 Å². The molecule has 0 aliphatic carbocycles. The van der Waals surface area contributed by atoms with Crippen LogP contribution < -0.4 is 5.32 Å². The third-order valence-corrected chi connectivity index (χ3v) is 2.78. The van der Waals surface area contributed by atoms with Crippen molar-refractivity contribution >= 4 is 12.2 Å². The molecule has 0 spiro atoms. The van der Waals surface area contributed by atoms with Crippen LogP contribution in [0.5, 0.6) is 0 Å². The lowest BCUT2D eigenvalue weighted by molar-refractivity contribution is 0.0493. The summed E-state index contributed by atoms with van der Waals surface area (Å²) in [6.07, 6.45) is -1.71. The number of carbonyl (C=O) groups is 2. The minimum Gasteiger partial charge on any atom is -0.465 e. The van der Waals surface area contributed by atoms with Crippen molar-refractivity contribution in [2.45, 2.75) is 59.2 Å². The Labute approximate surface area is 125 Å². The van der Waals surface area contributed by atoms with Crippen molar-refractivity contribution in [1.29, 1.82) is 5.26 Å². The van der Waals surface area contributed by atoms with Crippen LogP contribution in [0.15, 0.2) is 0 Å². The van der Waals surface area contributed by atoms with Gasteiger partial charge in [0.15, 0.2) is 0 Å². The fraction of sp³-hybridized carbons (Fsp3) is 0.786. The van der Waals surface area contributed by atoms with Crippen LogP contribution in [0.25, 0.3) is 0 Å². The third kappa shape index (κ3) is 7.40. The molecule has 0 heterocycles. The number of hydrogen-bond acceptors (Lipinski definition) is 4. The fourth-order valence-corrected chi connectivity index (χ4v) is 1.63. The Bertz CT molecular complexity index is 409. The molecule has 1 unspecified atom stereocenters. The van der Waals surface area contributed by atoms with Crippen molar-refractivity contribution in [2.75, 3.05) is 6.54 Å². The zero-order chi connectivity index (χ0) is 16.8. The van der Waals surface area contributed by atoms with Gasteiger partial charge in [0.2, 0.25) is 0 Å². The highest BCUT2D eigenvalue weighted by atomic mass is 16.6. The van der Waals surface area contributed by atoms with Crippen LogP contribution >= 0.6 is 0 Å². The number of nitrogens with zero attached hydrogens (tertiary/aromatic N) is 2. The van der Waals surface area contributed by atoms with Gasteiger partial charge in [-0.1, -0.05) is 0 Å². The number of nitriles is 1. The highest BCUT2D eigenvalue weighted by molar-refractivity contribution is 5.68. The molecule has 7 heteroatoms. The lowest BCUT2D eigenvalue weighted by Crippen LogP contribution is -2.47. The van der Waals surface area contributed by atoms with E-state index in [0.717, 1.165) is 0 Å². The fourth-order valence-electron chi connectivity index (χ4n) is 1.63. The summed E-state index contributed by atoms with van der Waals surface area (Å²) in [5.41, 5.74) is -0.628. The maximum absolute atomic E-state index is 11.7. The lowest BCUT2D eigenvalue weighted by Gasteiger charge is -2.29. The molecule has 2 amide bonds. The molecule has 0 rings (SSSR count). The molecular formula is C14H25N3O4. The van der Waals surface area contributed by atoms with E-state index in [0.29, 0.717) is 0 Å². The summed E-state index contributed by atoms with van der Waals surface area (Å²) in [7, 11) is 0. The number of rotatable bonds is 5. The van der Waals surface area contributed by atoms with Gasteiger partial charge in [0.05, 0.1) is 12.0 Å². The van der Waals surface area contributed by atoms with E-state index >= 15 is 0 Å². The van der Waals surface area contributed by atoms with Gasteiger partial charge in [-0.15, -0.1) is 0 Å². The molecule has 0 aliphatic heterocycles. The molecule has 0 aromatic rings. The van der Waals surface area contributed by atoms with Gasteiger partial charge >= 0.3 is 12.2 Å². The van der Waals surface area contributed by atoms with Crippen molar-refractivity contribution in [3.63, 3.8) is 0 Å². The molecule has 120 valence electrons. The highest BCUT2D eigenvalue weighted by Crippen LogP contribution is 2.11. The third-order valence-electron chi connectivity index (χ3n) is 2.78. The van der Waals surface area contributed by atoms with Crippen LogP contribution in [0.3, 0.4) is 0 Å². The second-order valence-electron chi connectivity index (χ2n) is 6.20. The minimum atomic E-state index is -1.09. The zero-order valence-electron chi connectivity index (χ0n) is 13.5. The van der Waals surface area contributed by atoms with Gasteiger partial charge in [-0.3, -0.25) is 0 Å². The summed E-state index contributed by atoms with van der Waals surface area (Å²) in [6.45, 7) is 10.4. The number of amides is 2. The average Bonchev–Trinajstić information content (AvgIpc) is 2.25. The van der Waals surface area contributed by atoms with E-state index in [1.165, 1.54) is 4.90 Å². The van der Waals surface area contributed by atoms with Gasteiger partial charge in [-0.25, -0.2) is 9.59 Å². The van der Waals surface area contributed by atoms with Crippen LogP contribution in [-0.4, -0.2) is 46.4 Å². The van der Waals surface area contributed by atoms with E-state index in [4.69, 9.17) is 9.84 Å². The molecule has 0 saturated carbocycles. The number of hydrogen-bond donors (Lipinski definition) is 2. The monoisotopic (exact) mass is 299 g/mol. The number of nitrogens with one attached hydrogen (secondary N) is 1. The van der Waals surface area contributed by atoms with Crippen molar-refractivity contribution in [3.8, 4) is 6.07 Å².